The summed E-state index contributed by atoms with van der Waals surface area (Å²) >= 11 is 5.70. The maximum Gasteiger partial charge on any atom is 0.290 e. The first-order chi connectivity index (χ1) is 10.7. The van der Waals surface area contributed by atoms with Crippen molar-refractivity contribution in [1.29, 1.82) is 0 Å². The van der Waals surface area contributed by atoms with Crippen LogP contribution in [-0.4, -0.2) is 17.9 Å². The van der Waals surface area contributed by atoms with Gasteiger partial charge >= 0.3 is 0 Å². The predicted octanol–water partition coefficient (Wildman–Crippen LogP) is 3.58. The van der Waals surface area contributed by atoms with Crippen LogP contribution in [-0.2, 0) is 21.0 Å². The summed E-state index contributed by atoms with van der Waals surface area (Å²) in [7, 11) is -6.03. The molecule has 0 spiro atoms. The molecular formula is C13H11ClN2O5S2. The van der Waals surface area contributed by atoms with Crippen LogP contribution in [0.15, 0.2) is 56.0 Å². The van der Waals surface area contributed by atoms with Crippen LogP contribution in [0.25, 0.3) is 0 Å². The molecule has 7 nitrogen and oxygen atoms in total. The first kappa shape index (κ1) is 17.5. The van der Waals surface area contributed by atoms with Crippen molar-refractivity contribution in [3.05, 3.63) is 63.2 Å². The van der Waals surface area contributed by atoms with Crippen molar-refractivity contribution in [2.45, 2.75) is 16.7 Å². The van der Waals surface area contributed by atoms with E-state index in [1.165, 1.54) is 49.4 Å². The molecule has 23 heavy (non-hydrogen) atoms. The molecule has 0 aliphatic rings. The summed E-state index contributed by atoms with van der Waals surface area (Å²) in [6, 6.07) is 9.08. The quantitative estimate of drug-likeness (QED) is 0.649. The van der Waals surface area contributed by atoms with Gasteiger partial charge in [-0.3, -0.25) is 10.1 Å². The van der Waals surface area contributed by atoms with Gasteiger partial charge < -0.3 is 4.55 Å². The first-order valence-corrected chi connectivity index (χ1v) is 9.08. The minimum absolute atomic E-state index is 0.104. The lowest BCUT2D eigenvalue weighted by Crippen LogP contribution is -2.02. The van der Waals surface area contributed by atoms with Gasteiger partial charge in [-0.15, -0.1) is 3.77 Å². The van der Waals surface area contributed by atoms with E-state index >= 15 is 0 Å². The second-order valence-electron chi connectivity index (χ2n) is 4.47. The average molecular weight is 375 g/mol. The van der Waals surface area contributed by atoms with Crippen molar-refractivity contribution in [2.24, 2.45) is 3.77 Å². The van der Waals surface area contributed by atoms with Crippen LogP contribution in [0.4, 0.5) is 5.69 Å². The molecule has 2 rings (SSSR count). The lowest BCUT2D eigenvalue weighted by Gasteiger charge is -2.05. The third-order valence-electron chi connectivity index (χ3n) is 2.85. The molecule has 0 saturated heterocycles. The molecule has 122 valence electrons. The summed E-state index contributed by atoms with van der Waals surface area (Å²) in [5.41, 5.74) is 0.226. The molecule has 0 amide bonds. The van der Waals surface area contributed by atoms with Gasteiger partial charge in [-0.05, 0) is 42.8 Å². The van der Waals surface area contributed by atoms with Gasteiger partial charge in [0.05, 0.1) is 20.8 Å². The van der Waals surface area contributed by atoms with Crippen LogP contribution < -0.4 is 0 Å². The Hall–Kier alpha value is -1.81. The van der Waals surface area contributed by atoms with E-state index in [1.807, 2.05) is 0 Å². The lowest BCUT2D eigenvalue weighted by atomic mass is 10.2. The van der Waals surface area contributed by atoms with E-state index in [1.54, 1.807) is 0 Å². The molecule has 10 heteroatoms. The van der Waals surface area contributed by atoms with Gasteiger partial charge in [-0.2, -0.15) is 8.42 Å². The largest absolute Gasteiger partial charge is 0.317 e. The van der Waals surface area contributed by atoms with Gasteiger partial charge in [-0.1, -0.05) is 11.6 Å². The van der Waals surface area contributed by atoms with Gasteiger partial charge in [-0.25, -0.2) is 0 Å². The second-order valence-corrected chi connectivity index (χ2v) is 7.90. The number of benzene rings is 2. The van der Waals surface area contributed by atoms with Crippen LogP contribution in [0.2, 0.25) is 5.02 Å². The molecule has 1 unspecified atom stereocenters. The zero-order valence-electron chi connectivity index (χ0n) is 11.7. The Kier molecular flexibility index (Phi) is 5.15. The Balaban J connectivity index is 2.43. The number of halogens is 1. The Labute approximate surface area is 140 Å². The number of sulfonamides is 1. The number of non-ortho nitro benzene ring substituents is 1. The van der Waals surface area contributed by atoms with Crippen LogP contribution in [0, 0.1) is 17.0 Å². The van der Waals surface area contributed by atoms with Crippen molar-refractivity contribution in [3.8, 4) is 0 Å². The average Bonchev–Trinajstić information content (AvgIpc) is 2.46. The molecule has 0 bridgehead atoms. The van der Waals surface area contributed by atoms with Crippen molar-refractivity contribution >= 4 is 38.3 Å². The van der Waals surface area contributed by atoms with Gasteiger partial charge in [0.15, 0.2) is 0 Å². The summed E-state index contributed by atoms with van der Waals surface area (Å²) < 4.78 is 37.8. The van der Waals surface area contributed by atoms with Crippen molar-refractivity contribution in [2.75, 3.05) is 0 Å². The number of nitro groups is 1. The van der Waals surface area contributed by atoms with E-state index in [9.17, 15) is 23.1 Å². The Morgan fingerprint density at radius 1 is 1.22 bits per heavy atom. The molecule has 1 atom stereocenters. The van der Waals surface area contributed by atoms with Gasteiger partial charge in [0, 0.05) is 22.1 Å². The number of aryl methyl sites for hydroxylation is 1. The molecule has 0 aliphatic carbocycles. The fourth-order valence-corrected chi connectivity index (χ4v) is 4.29. The zero-order chi connectivity index (χ0) is 17.2. The fourth-order valence-electron chi connectivity index (χ4n) is 1.73. The second kappa shape index (κ2) is 6.75. The maximum atomic E-state index is 12.1. The number of nitro benzene ring substituents is 1. The molecule has 0 saturated carbocycles. The number of rotatable bonds is 4. The standard InChI is InChI=1S/C13H11ClN2O5S2/c1-9-8-11(16(17)18)4-7-13(9)22(19)15-23(20,21)12-5-2-10(14)3-6-12/h2-8H,1H3,(H,15,19). The predicted molar refractivity (Wildman–Crippen MR) is 87.2 cm³/mol. The van der Waals surface area contributed by atoms with Crippen LogP contribution >= 0.6 is 11.6 Å². The van der Waals surface area contributed by atoms with Crippen LogP contribution in [0.3, 0.4) is 0 Å². The molecular weight excluding hydrogens is 364 g/mol. The minimum atomic E-state index is -4.07. The van der Waals surface area contributed by atoms with E-state index in [2.05, 4.69) is 3.77 Å². The molecule has 0 aliphatic heterocycles. The van der Waals surface area contributed by atoms with Crippen molar-refractivity contribution in [1.82, 2.24) is 0 Å². The first-order valence-electron chi connectivity index (χ1n) is 6.13. The highest BCUT2D eigenvalue weighted by atomic mass is 35.5. The Bertz CT molecular complexity index is 895. The summed E-state index contributed by atoms with van der Waals surface area (Å²) in [5, 5.41) is 11.1. The third kappa shape index (κ3) is 4.14. The number of hydrogen-bond acceptors (Lipinski definition) is 4. The van der Waals surface area contributed by atoms with E-state index in [0.29, 0.717) is 10.6 Å². The highest BCUT2D eigenvalue weighted by Crippen LogP contribution is 2.22. The van der Waals surface area contributed by atoms with Gasteiger partial charge in [0.2, 0.25) is 0 Å². The van der Waals surface area contributed by atoms with Gasteiger partial charge in [0.1, 0.15) is 0 Å². The smallest absolute Gasteiger partial charge is 0.290 e. The number of nitrogens with zero attached hydrogens (tertiary/aromatic N) is 2. The van der Waals surface area contributed by atoms with Crippen LogP contribution in [0.5, 0.6) is 0 Å². The van der Waals surface area contributed by atoms with E-state index in [-0.39, 0.29) is 15.5 Å². The summed E-state index contributed by atoms with van der Waals surface area (Å²) in [6.45, 7) is 1.53. The molecule has 1 N–H and O–H groups in total. The third-order valence-corrected chi connectivity index (χ3v) is 6.17. The van der Waals surface area contributed by atoms with Crippen molar-refractivity contribution in [3.63, 3.8) is 0 Å². The SMILES string of the molecule is Cc1cc([N+](=O)[O-])ccc1S(O)=NS(=O)(=O)c1ccc(Cl)cc1. The Morgan fingerprint density at radius 3 is 2.35 bits per heavy atom. The lowest BCUT2D eigenvalue weighted by molar-refractivity contribution is -0.385. The molecule has 0 aromatic heterocycles. The van der Waals surface area contributed by atoms with E-state index < -0.39 is 25.9 Å². The minimum Gasteiger partial charge on any atom is -0.317 e. The van der Waals surface area contributed by atoms with E-state index in [0.717, 1.165) is 0 Å². The fraction of sp³-hybridized carbons (Fsp3) is 0.0769. The normalized spacial score (nSPS) is 13.0. The summed E-state index contributed by atoms with van der Waals surface area (Å²) in [4.78, 5) is 10.2. The van der Waals surface area contributed by atoms with Crippen molar-refractivity contribution < 1.29 is 17.9 Å². The summed E-state index contributed by atoms with van der Waals surface area (Å²) in [6.07, 6.45) is 0. The van der Waals surface area contributed by atoms with Crippen LogP contribution in [0.1, 0.15) is 5.56 Å². The summed E-state index contributed by atoms with van der Waals surface area (Å²) in [5.74, 6) is 0. The molecule has 0 radical (unpaired) electrons. The molecule has 2 aromatic rings. The molecule has 0 fully saturated rings. The highest BCUT2D eigenvalue weighted by molar-refractivity contribution is 7.98. The zero-order valence-corrected chi connectivity index (χ0v) is 14.1. The monoisotopic (exact) mass is 374 g/mol. The molecule has 0 heterocycles. The number of hydrogen-bond donors (Lipinski definition) is 1. The Morgan fingerprint density at radius 2 is 1.83 bits per heavy atom. The topological polar surface area (TPSA) is 110 Å². The van der Waals surface area contributed by atoms with E-state index in [4.69, 9.17) is 11.6 Å². The van der Waals surface area contributed by atoms with Gasteiger partial charge in [0.25, 0.3) is 15.7 Å². The maximum absolute atomic E-state index is 12.1. The molecule has 2 aromatic carbocycles. The highest BCUT2D eigenvalue weighted by Gasteiger charge is 2.16.